The van der Waals surface area contributed by atoms with Crippen LogP contribution in [-0.4, -0.2) is 10.9 Å². The highest BCUT2D eigenvalue weighted by atomic mass is 79.9. The number of oxazole rings is 1. The highest BCUT2D eigenvalue weighted by Crippen LogP contribution is 2.20. The van der Waals surface area contributed by atoms with Crippen molar-refractivity contribution < 1.29 is 13.6 Å². The first-order valence-electron chi connectivity index (χ1n) is 5.21. The molecule has 0 saturated heterocycles. The van der Waals surface area contributed by atoms with E-state index in [0.29, 0.717) is 11.7 Å². The van der Waals surface area contributed by atoms with Crippen LogP contribution in [0.1, 0.15) is 22.0 Å². The zero-order valence-corrected chi connectivity index (χ0v) is 11.1. The van der Waals surface area contributed by atoms with Gasteiger partial charge in [-0.25, -0.2) is 9.37 Å². The SMILES string of the molecule is Cc1cnc(CNC(=O)c2cccc(F)c2Br)o1. The third kappa shape index (κ3) is 2.76. The minimum Gasteiger partial charge on any atom is -0.444 e. The molecule has 1 heterocycles. The summed E-state index contributed by atoms with van der Waals surface area (Å²) < 4.78 is 18.6. The van der Waals surface area contributed by atoms with Crippen molar-refractivity contribution in [3.05, 3.63) is 51.9 Å². The van der Waals surface area contributed by atoms with E-state index in [1.54, 1.807) is 13.1 Å². The van der Waals surface area contributed by atoms with Crippen LogP contribution in [0.25, 0.3) is 0 Å². The normalized spacial score (nSPS) is 10.4. The predicted molar refractivity (Wildman–Crippen MR) is 66.5 cm³/mol. The number of aromatic nitrogens is 1. The van der Waals surface area contributed by atoms with Crippen LogP contribution in [-0.2, 0) is 6.54 Å². The maximum Gasteiger partial charge on any atom is 0.252 e. The fourth-order valence-electron chi connectivity index (χ4n) is 1.41. The van der Waals surface area contributed by atoms with Crippen LogP contribution in [0.4, 0.5) is 4.39 Å². The van der Waals surface area contributed by atoms with Gasteiger partial charge in [0, 0.05) is 0 Å². The van der Waals surface area contributed by atoms with Crippen LogP contribution >= 0.6 is 15.9 Å². The highest BCUT2D eigenvalue weighted by molar-refractivity contribution is 9.10. The van der Waals surface area contributed by atoms with Crippen LogP contribution in [0.3, 0.4) is 0 Å². The summed E-state index contributed by atoms with van der Waals surface area (Å²) >= 11 is 3.04. The van der Waals surface area contributed by atoms with E-state index in [0.717, 1.165) is 0 Å². The molecule has 0 bridgehead atoms. The molecule has 6 heteroatoms. The van der Waals surface area contributed by atoms with Gasteiger partial charge in [-0.1, -0.05) is 6.07 Å². The van der Waals surface area contributed by atoms with Gasteiger partial charge in [0.05, 0.1) is 22.8 Å². The fraction of sp³-hybridized carbons (Fsp3) is 0.167. The lowest BCUT2D eigenvalue weighted by molar-refractivity contribution is 0.0946. The molecule has 0 radical (unpaired) electrons. The van der Waals surface area contributed by atoms with Gasteiger partial charge in [-0.15, -0.1) is 0 Å². The molecule has 0 atom stereocenters. The van der Waals surface area contributed by atoms with Crippen LogP contribution in [0, 0.1) is 12.7 Å². The molecule has 0 aliphatic carbocycles. The Balaban J connectivity index is 2.06. The van der Waals surface area contributed by atoms with Crippen molar-refractivity contribution in [1.82, 2.24) is 10.3 Å². The number of carbonyl (C=O) groups is 1. The van der Waals surface area contributed by atoms with Gasteiger partial charge in [-0.05, 0) is 35.0 Å². The topological polar surface area (TPSA) is 55.1 Å². The van der Waals surface area contributed by atoms with Crippen LogP contribution in [0.2, 0.25) is 0 Å². The van der Waals surface area contributed by atoms with Gasteiger partial charge in [-0.2, -0.15) is 0 Å². The van der Waals surface area contributed by atoms with Crippen molar-refractivity contribution in [3.8, 4) is 0 Å². The number of hydrogen-bond donors (Lipinski definition) is 1. The van der Waals surface area contributed by atoms with E-state index in [9.17, 15) is 9.18 Å². The summed E-state index contributed by atoms with van der Waals surface area (Å²) in [5.74, 6) is 0.214. The highest BCUT2D eigenvalue weighted by Gasteiger charge is 2.13. The van der Waals surface area contributed by atoms with Gasteiger partial charge >= 0.3 is 0 Å². The summed E-state index contributed by atoms with van der Waals surface area (Å²) in [6.45, 7) is 1.93. The summed E-state index contributed by atoms with van der Waals surface area (Å²) in [4.78, 5) is 15.8. The average molecular weight is 313 g/mol. The van der Waals surface area contributed by atoms with Crippen molar-refractivity contribution in [2.24, 2.45) is 0 Å². The van der Waals surface area contributed by atoms with E-state index >= 15 is 0 Å². The quantitative estimate of drug-likeness (QED) is 0.948. The molecular weight excluding hydrogens is 303 g/mol. The second-order valence-corrected chi connectivity index (χ2v) is 4.44. The number of benzene rings is 1. The molecule has 18 heavy (non-hydrogen) atoms. The Morgan fingerprint density at radius 3 is 3.00 bits per heavy atom. The molecule has 2 aromatic rings. The lowest BCUT2D eigenvalue weighted by Crippen LogP contribution is -2.23. The number of aryl methyl sites for hydroxylation is 1. The number of nitrogens with one attached hydrogen (secondary N) is 1. The molecular formula is C12H10BrFN2O2. The largest absolute Gasteiger partial charge is 0.444 e. The van der Waals surface area contributed by atoms with Crippen LogP contribution in [0.15, 0.2) is 33.3 Å². The molecule has 1 aromatic heterocycles. The van der Waals surface area contributed by atoms with Gasteiger partial charge in [0.2, 0.25) is 5.89 Å². The fourth-order valence-corrected chi connectivity index (χ4v) is 1.86. The van der Waals surface area contributed by atoms with Crippen LogP contribution < -0.4 is 5.32 Å². The molecule has 2 rings (SSSR count). The first kappa shape index (κ1) is 12.8. The molecule has 0 aliphatic rings. The molecule has 0 unspecified atom stereocenters. The number of rotatable bonds is 3. The summed E-state index contributed by atoms with van der Waals surface area (Å²) in [6, 6.07) is 4.28. The van der Waals surface area contributed by atoms with Gasteiger partial charge in [0.15, 0.2) is 0 Å². The van der Waals surface area contributed by atoms with Crippen molar-refractivity contribution in [3.63, 3.8) is 0 Å². The number of carbonyl (C=O) groups excluding carboxylic acids is 1. The molecule has 0 saturated carbocycles. The van der Waals surface area contributed by atoms with Gasteiger partial charge in [-0.3, -0.25) is 4.79 Å². The van der Waals surface area contributed by atoms with Crippen molar-refractivity contribution in [2.45, 2.75) is 13.5 Å². The Bertz CT molecular complexity index is 583. The van der Waals surface area contributed by atoms with E-state index in [1.807, 2.05) is 0 Å². The lowest BCUT2D eigenvalue weighted by Gasteiger charge is -2.05. The number of halogens is 2. The number of nitrogens with zero attached hydrogens (tertiary/aromatic N) is 1. The summed E-state index contributed by atoms with van der Waals surface area (Å²) in [5.41, 5.74) is 0.235. The molecule has 0 fully saturated rings. The Kier molecular flexibility index (Phi) is 3.76. The van der Waals surface area contributed by atoms with Crippen molar-refractivity contribution >= 4 is 21.8 Å². The second-order valence-electron chi connectivity index (χ2n) is 3.65. The molecule has 0 aliphatic heterocycles. The van der Waals surface area contributed by atoms with Crippen LogP contribution in [0.5, 0.6) is 0 Å². The third-order valence-corrected chi connectivity index (χ3v) is 3.07. The Morgan fingerprint density at radius 2 is 2.33 bits per heavy atom. The predicted octanol–water partition coefficient (Wildman–Crippen LogP) is 2.81. The Morgan fingerprint density at radius 1 is 1.56 bits per heavy atom. The van der Waals surface area contributed by atoms with Crippen molar-refractivity contribution in [2.75, 3.05) is 0 Å². The monoisotopic (exact) mass is 312 g/mol. The first-order valence-corrected chi connectivity index (χ1v) is 6.00. The lowest BCUT2D eigenvalue weighted by atomic mass is 10.2. The van der Waals surface area contributed by atoms with E-state index < -0.39 is 11.7 Å². The third-order valence-electron chi connectivity index (χ3n) is 2.27. The zero-order chi connectivity index (χ0) is 13.1. The standard InChI is InChI=1S/C12H10BrFN2O2/c1-7-5-15-10(18-7)6-16-12(17)8-3-2-4-9(14)11(8)13/h2-5H,6H2,1H3,(H,16,17). The maximum absolute atomic E-state index is 13.2. The molecule has 94 valence electrons. The molecule has 0 spiro atoms. The average Bonchev–Trinajstić information content (AvgIpc) is 2.76. The smallest absolute Gasteiger partial charge is 0.252 e. The molecule has 1 aromatic carbocycles. The number of amides is 1. The maximum atomic E-state index is 13.2. The van der Waals surface area contributed by atoms with E-state index in [2.05, 4.69) is 26.2 Å². The Hall–Kier alpha value is -1.69. The molecule has 4 nitrogen and oxygen atoms in total. The van der Waals surface area contributed by atoms with E-state index in [4.69, 9.17) is 4.42 Å². The van der Waals surface area contributed by atoms with Crippen molar-refractivity contribution in [1.29, 1.82) is 0 Å². The number of hydrogen-bond acceptors (Lipinski definition) is 3. The molecule has 1 N–H and O–H groups in total. The van der Waals surface area contributed by atoms with Gasteiger partial charge in [0.25, 0.3) is 5.91 Å². The first-order chi connectivity index (χ1) is 8.58. The van der Waals surface area contributed by atoms with E-state index in [-0.39, 0.29) is 16.6 Å². The second kappa shape index (κ2) is 5.30. The summed E-state index contributed by atoms with van der Waals surface area (Å²) in [6.07, 6.45) is 1.57. The molecule has 1 amide bonds. The van der Waals surface area contributed by atoms with Gasteiger partial charge in [0.1, 0.15) is 11.6 Å². The minimum atomic E-state index is -0.477. The summed E-state index contributed by atoms with van der Waals surface area (Å²) in [5, 5.41) is 2.60. The van der Waals surface area contributed by atoms with E-state index in [1.165, 1.54) is 18.2 Å². The minimum absolute atomic E-state index is 0.145. The Labute approximate surface area is 111 Å². The summed E-state index contributed by atoms with van der Waals surface area (Å²) in [7, 11) is 0. The zero-order valence-electron chi connectivity index (χ0n) is 9.54. The van der Waals surface area contributed by atoms with Gasteiger partial charge < -0.3 is 9.73 Å².